The average Bonchev–Trinajstić information content (AvgIpc) is 2.29. The van der Waals surface area contributed by atoms with Crippen LogP contribution < -0.4 is 5.73 Å². The van der Waals surface area contributed by atoms with Gasteiger partial charge in [-0.2, -0.15) is 0 Å². The van der Waals surface area contributed by atoms with Crippen LogP contribution in [0.3, 0.4) is 0 Å². The Morgan fingerprint density at radius 1 is 1.47 bits per heavy atom. The third-order valence-electron chi connectivity index (χ3n) is 3.12. The zero-order chi connectivity index (χ0) is 11.1. The zero-order valence-electron chi connectivity index (χ0n) is 9.65. The van der Waals surface area contributed by atoms with Gasteiger partial charge in [0.05, 0.1) is 6.04 Å². The summed E-state index contributed by atoms with van der Waals surface area (Å²) in [4.78, 5) is 2.36. The van der Waals surface area contributed by atoms with Crippen LogP contribution in [0.25, 0.3) is 0 Å². The molecule has 3 N–H and O–H groups in total. The maximum Gasteiger partial charge on any atom is 0.156 e. The predicted molar refractivity (Wildman–Crippen MR) is 62.1 cm³/mol. The maximum atomic E-state index is 8.71. The van der Waals surface area contributed by atoms with Crippen molar-refractivity contribution < 1.29 is 5.21 Å². The summed E-state index contributed by atoms with van der Waals surface area (Å²) in [6.45, 7) is 4.37. The van der Waals surface area contributed by atoms with Crippen molar-refractivity contribution in [1.82, 2.24) is 4.90 Å². The van der Waals surface area contributed by atoms with Gasteiger partial charge in [-0.1, -0.05) is 31.3 Å². The van der Waals surface area contributed by atoms with Crippen molar-refractivity contribution in [3.05, 3.63) is 0 Å². The fourth-order valence-electron chi connectivity index (χ4n) is 2.23. The maximum absolute atomic E-state index is 8.71. The number of oxime groups is 1. The molecule has 0 radical (unpaired) electrons. The smallest absolute Gasteiger partial charge is 0.156 e. The lowest BCUT2D eigenvalue weighted by atomic mass is 10.0. The highest BCUT2D eigenvalue weighted by Crippen LogP contribution is 2.17. The van der Waals surface area contributed by atoms with E-state index in [1.807, 2.05) is 0 Å². The van der Waals surface area contributed by atoms with Gasteiger partial charge in [0.25, 0.3) is 0 Å². The lowest BCUT2D eigenvalue weighted by Gasteiger charge is -2.34. The first-order valence-electron chi connectivity index (χ1n) is 6.01. The van der Waals surface area contributed by atoms with Crippen LogP contribution in [-0.4, -0.2) is 35.1 Å². The summed E-state index contributed by atoms with van der Waals surface area (Å²) in [5.74, 6) is 0.381. The van der Waals surface area contributed by atoms with Crippen LogP contribution in [0.4, 0.5) is 0 Å². The molecule has 0 aromatic rings. The molecule has 0 amide bonds. The Morgan fingerprint density at radius 2 is 2.27 bits per heavy atom. The number of nitrogens with zero attached hydrogens (tertiary/aromatic N) is 2. The second-order valence-electron chi connectivity index (χ2n) is 4.28. The standard InChI is InChI=1S/C11H23N3O/c1-2-3-5-8-14-9-6-4-7-10(14)11(12)13-15/h10,15H,2-9H2,1H3,(H2,12,13). The fourth-order valence-corrected chi connectivity index (χ4v) is 2.23. The largest absolute Gasteiger partial charge is 0.409 e. The molecule has 1 aliphatic heterocycles. The number of hydrogen-bond donors (Lipinski definition) is 2. The topological polar surface area (TPSA) is 61.8 Å². The Labute approximate surface area is 92.1 Å². The summed E-state index contributed by atoms with van der Waals surface area (Å²) < 4.78 is 0. The number of unbranched alkanes of at least 4 members (excludes halogenated alkanes) is 2. The molecule has 1 heterocycles. The van der Waals surface area contributed by atoms with Crippen molar-refractivity contribution in [1.29, 1.82) is 0 Å². The van der Waals surface area contributed by atoms with Gasteiger partial charge >= 0.3 is 0 Å². The summed E-state index contributed by atoms with van der Waals surface area (Å²) in [6.07, 6.45) is 7.17. The van der Waals surface area contributed by atoms with Gasteiger partial charge in [0.15, 0.2) is 5.84 Å². The van der Waals surface area contributed by atoms with E-state index in [1.54, 1.807) is 0 Å². The van der Waals surface area contributed by atoms with Crippen molar-refractivity contribution in [2.75, 3.05) is 13.1 Å². The van der Waals surface area contributed by atoms with Crippen LogP contribution in [0.5, 0.6) is 0 Å². The number of amidine groups is 1. The lowest BCUT2D eigenvalue weighted by molar-refractivity contribution is 0.183. The second kappa shape index (κ2) is 6.67. The average molecular weight is 213 g/mol. The van der Waals surface area contributed by atoms with Gasteiger partial charge in [0, 0.05) is 0 Å². The first-order valence-corrected chi connectivity index (χ1v) is 6.01. The number of piperidine rings is 1. The minimum Gasteiger partial charge on any atom is -0.409 e. The predicted octanol–water partition coefficient (Wildman–Crippen LogP) is 1.78. The molecule has 4 nitrogen and oxygen atoms in total. The highest BCUT2D eigenvalue weighted by atomic mass is 16.4. The summed E-state index contributed by atoms with van der Waals surface area (Å²) in [7, 11) is 0. The van der Waals surface area contributed by atoms with Crippen LogP contribution in [-0.2, 0) is 0 Å². The van der Waals surface area contributed by atoms with E-state index in [9.17, 15) is 0 Å². The Kier molecular flexibility index (Phi) is 5.47. The SMILES string of the molecule is CCCCCN1CCCCC1C(N)=NO. The van der Waals surface area contributed by atoms with Crippen molar-refractivity contribution in [3.8, 4) is 0 Å². The fraction of sp³-hybridized carbons (Fsp3) is 0.909. The molecule has 0 bridgehead atoms. The van der Waals surface area contributed by atoms with E-state index >= 15 is 0 Å². The molecule has 1 fully saturated rings. The van der Waals surface area contributed by atoms with E-state index in [1.165, 1.54) is 32.1 Å². The van der Waals surface area contributed by atoms with Crippen molar-refractivity contribution >= 4 is 5.84 Å². The highest BCUT2D eigenvalue weighted by Gasteiger charge is 2.25. The molecule has 15 heavy (non-hydrogen) atoms. The third-order valence-corrected chi connectivity index (χ3v) is 3.12. The molecular weight excluding hydrogens is 190 g/mol. The van der Waals surface area contributed by atoms with Crippen molar-refractivity contribution in [2.24, 2.45) is 10.9 Å². The van der Waals surface area contributed by atoms with Crippen LogP contribution >= 0.6 is 0 Å². The zero-order valence-corrected chi connectivity index (χ0v) is 9.65. The molecule has 0 aromatic carbocycles. The van der Waals surface area contributed by atoms with E-state index in [2.05, 4.69) is 17.0 Å². The molecule has 88 valence electrons. The Balaban J connectivity index is 2.43. The lowest BCUT2D eigenvalue weighted by Crippen LogP contribution is -2.48. The van der Waals surface area contributed by atoms with Gasteiger partial charge in [-0.25, -0.2) is 0 Å². The van der Waals surface area contributed by atoms with Gasteiger partial charge in [0.2, 0.25) is 0 Å². The quantitative estimate of drug-likeness (QED) is 0.240. The number of hydrogen-bond acceptors (Lipinski definition) is 3. The first kappa shape index (κ1) is 12.3. The van der Waals surface area contributed by atoms with Crippen LogP contribution in [0.2, 0.25) is 0 Å². The molecule has 1 unspecified atom stereocenters. The van der Waals surface area contributed by atoms with E-state index in [0.29, 0.717) is 5.84 Å². The van der Waals surface area contributed by atoms with E-state index in [4.69, 9.17) is 10.9 Å². The molecule has 0 saturated carbocycles. The van der Waals surface area contributed by atoms with Crippen molar-refractivity contribution in [2.45, 2.75) is 51.5 Å². The summed E-state index contributed by atoms with van der Waals surface area (Å²) in [5.41, 5.74) is 5.70. The minimum atomic E-state index is 0.167. The second-order valence-corrected chi connectivity index (χ2v) is 4.28. The van der Waals surface area contributed by atoms with E-state index in [0.717, 1.165) is 19.5 Å². The molecule has 0 aliphatic carbocycles. The van der Waals surface area contributed by atoms with Crippen LogP contribution in [0, 0.1) is 0 Å². The molecule has 1 aliphatic rings. The summed E-state index contributed by atoms with van der Waals surface area (Å²) >= 11 is 0. The van der Waals surface area contributed by atoms with Gasteiger partial charge in [-0.3, -0.25) is 4.90 Å². The van der Waals surface area contributed by atoms with Crippen LogP contribution in [0.1, 0.15) is 45.4 Å². The van der Waals surface area contributed by atoms with Crippen LogP contribution in [0.15, 0.2) is 5.16 Å². The number of nitrogens with two attached hydrogens (primary N) is 1. The normalized spacial score (nSPS) is 24.3. The first-order chi connectivity index (χ1) is 7.29. The van der Waals surface area contributed by atoms with Gasteiger partial charge in [-0.05, 0) is 32.4 Å². The monoisotopic (exact) mass is 213 g/mol. The molecule has 1 rings (SSSR count). The van der Waals surface area contributed by atoms with Gasteiger partial charge in [-0.15, -0.1) is 0 Å². The Morgan fingerprint density at radius 3 is 2.93 bits per heavy atom. The summed E-state index contributed by atoms with van der Waals surface area (Å²) in [6, 6.07) is 0.167. The number of likely N-dealkylation sites (tertiary alicyclic amines) is 1. The molecule has 1 atom stereocenters. The summed E-state index contributed by atoms with van der Waals surface area (Å²) in [5, 5.41) is 11.9. The van der Waals surface area contributed by atoms with E-state index < -0.39 is 0 Å². The van der Waals surface area contributed by atoms with Crippen molar-refractivity contribution in [3.63, 3.8) is 0 Å². The Hall–Kier alpha value is -0.770. The number of rotatable bonds is 5. The minimum absolute atomic E-state index is 0.167. The van der Waals surface area contributed by atoms with Gasteiger partial charge in [0.1, 0.15) is 0 Å². The molecule has 4 heteroatoms. The molecule has 0 spiro atoms. The molecular formula is C11H23N3O. The van der Waals surface area contributed by atoms with E-state index in [-0.39, 0.29) is 6.04 Å². The third kappa shape index (κ3) is 3.70. The Bertz CT molecular complexity index is 206. The van der Waals surface area contributed by atoms with Gasteiger partial charge < -0.3 is 10.9 Å². The molecule has 0 aromatic heterocycles. The molecule has 1 saturated heterocycles. The highest BCUT2D eigenvalue weighted by molar-refractivity contribution is 5.85.